The molecule has 0 bridgehead atoms. The molecule has 3 aromatic carbocycles. The van der Waals surface area contributed by atoms with E-state index < -0.39 is 34.3 Å². The smallest absolute Gasteiger partial charge is 0.314 e. The van der Waals surface area contributed by atoms with Gasteiger partial charge in [-0.1, -0.05) is 114 Å². The second kappa shape index (κ2) is 19.9. The van der Waals surface area contributed by atoms with E-state index in [1.54, 1.807) is 20.1 Å². The van der Waals surface area contributed by atoms with Crippen molar-refractivity contribution in [1.82, 2.24) is 0 Å². The predicted octanol–water partition coefficient (Wildman–Crippen LogP) is 13.2. The van der Waals surface area contributed by atoms with Crippen LogP contribution in [0.5, 0.6) is 34.5 Å². The minimum Gasteiger partial charge on any atom is -0.504 e. The van der Waals surface area contributed by atoms with Gasteiger partial charge >= 0.3 is 11.9 Å². The third-order valence-corrected chi connectivity index (χ3v) is 19.9. The van der Waals surface area contributed by atoms with E-state index in [0.29, 0.717) is 64.8 Å². The fourth-order valence-corrected chi connectivity index (χ4v) is 16.3. The Hall–Kier alpha value is -4.97. The SMILES string of the molecule is CC(=O)[C@]12CCCC(C)(C)[C@@H]1C[C@H](O)c1cc(C(C)C)c(O)c(O)c12.CC(C)c1cc2c(c(O)c1O)[C@@]1(C(=O)O)CCCC(C)(C)[C@@H]1CC2.COc1c(C(C)C)cc2c(c1O)[C@@]1(C(=O)O)CCCC(C)(C)[C@@H]1CC2. The van der Waals surface area contributed by atoms with Crippen molar-refractivity contribution >= 4 is 17.7 Å². The van der Waals surface area contributed by atoms with Gasteiger partial charge in [0.25, 0.3) is 0 Å². The van der Waals surface area contributed by atoms with Crippen molar-refractivity contribution in [2.75, 3.05) is 7.11 Å². The third kappa shape index (κ3) is 8.72. The van der Waals surface area contributed by atoms with E-state index >= 15 is 0 Å². The largest absolute Gasteiger partial charge is 0.504 e. The molecule has 7 atom stereocenters. The number of Topliss-reactive ketones (excluding diaryl/α,β-unsaturated/α-hetero) is 1. The van der Waals surface area contributed by atoms with Crippen LogP contribution in [0.3, 0.4) is 0 Å². The molecule has 12 heteroatoms. The lowest BCUT2D eigenvalue weighted by atomic mass is 9.48. The van der Waals surface area contributed by atoms with E-state index in [-0.39, 0.29) is 86.3 Å². The number of hydrogen-bond acceptors (Lipinski definition) is 10. The Bertz CT molecular complexity index is 2690. The molecule has 74 heavy (non-hydrogen) atoms. The predicted molar refractivity (Wildman–Crippen MR) is 287 cm³/mol. The molecular weight excluding hydrogens is 937 g/mol. The second-order valence-corrected chi connectivity index (χ2v) is 26.3. The first-order valence-corrected chi connectivity index (χ1v) is 27.6. The molecule has 0 amide bonds. The number of aliphatic hydroxyl groups excluding tert-OH is 1. The van der Waals surface area contributed by atoms with E-state index in [2.05, 4.69) is 61.5 Å². The monoisotopic (exact) mass is 1020 g/mol. The minimum atomic E-state index is -1.09. The van der Waals surface area contributed by atoms with Gasteiger partial charge in [0.15, 0.2) is 34.5 Å². The molecule has 0 unspecified atom stereocenters. The average molecular weight is 1030 g/mol. The van der Waals surface area contributed by atoms with Crippen LogP contribution in [0.4, 0.5) is 0 Å². The highest BCUT2D eigenvalue weighted by atomic mass is 16.5. The van der Waals surface area contributed by atoms with Gasteiger partial charge in [0.05, 0.1) is 29.5 Å². The molecule has 0 spiro atoms. The number of methoxy groups -OCH3 is 1. The van der Waals surface area contributed by atoms with Crippen LogP contribution in [0.25, 0.3) is 0 Å². The number of fused-ring (bicyclic) bond motifs is 9. The molecule has 0 saturated heterocycles. The maximum Gasteiger partial charge on any atom is 0.314 e. The van der Waals surface area contributed by atoms with E-state index in [9.17, 15) is 55.2 Å². The van der Waals surface area contributed by atoms with Gasteiger partial charge in [0, 0.05) is 33.4 Å². The normalized spacial score (nSPS) is 28.8. The number of benzene rings is 3. The zero-order valence-corrected chi connectivity index (χ0v) is 46.9. The number of carbonyl (C=O) groups excluding carboxylic acids is 1. The number of hydrogen-bond donors (Lipinski definition) is 8. The van der Waals surface area contributed by atoms with Crippen LogP contribution >= 0.6 is 0 Å². The number of carbonyl (C=O) groups is 3. The number of aromatic hydroxyl groups is 5. The van der Waals surface area contributed by atoms with Gasteiger partial charge in [0.2, 0.25) is 0 Å². The van der Waals surface area contributed by atoms with Crippen LogP contribution in [0, 0.1) is 34.0 Å². The number of carboxylic acids is 2. The third-order valence-electron chi connectivity index (χ3n) is 19.9. The Kier molecular flexibility index (Phi) is 15.2. The van der Waals surface area contributed by atoms with Crippen molar-refractivity contribution < 1.29 is 60.0 Å². The number of rotatable bonds is 7. The number of ketones is 1. The van der Waals surface area contributed by atoms with E-state index in [1.807, 2.05) is 33.8 Å². The quantitative estimate of drug-likeness (QED) is 0.104. The molecule has 9 rings (SSSR count). The summed E-state index contributed by atoms with van der Waals surface area (Å²) < 4.78 is 5.52. The molecule has 0 heterocycles. The Balaban J connectivity index is 0.000000162. The summed E-state index contributed by atoms with van der Waals surface area (Å²) in [6, 6.07) is 5.78. The number of aliphatic hydroxyl groups is 1. The van der Waals surface area contributed by atoms with E-state index in [1.165, 1.54) is 0 Å². The summed E-state index contributed by atoms with van der Waals surface area (Å²) in [6.07, 6.45) is 10.4. The molecule has 3 saturated carbocycles. The minimum absolute atomic E-state index is 0.0113. The Morgan fingerprint density at radius 3 is 1.31 bits per heavy atom. The lowest BCUT2D eigenvalue weighted by molar-refractivity contribution is -0.153. The second-order valence-electron chi connectivity index (χ2n) is 26.3. The zero-order chi connectivity index (χ0) is 55.2. The molecule has 6 aliphatic carbocycles. The van der Waals surface area contributed by atoms with Gasteiger partial charge in [-0.2, -0.15) is 0 Å². The number of phenols is 5. The van der Waals surface area contributed by atoms with E-state index in [0.717, 1.165) is 80.9 Å². The lowest BCUT2D eigenvalue weighted by Crippen LogP contribution is -2.54. The summed E-state index contributed by atoms with van der Waals surface area (Å²) in [7, 11) is 1.55. The summed E-state index contributed by atoms with van der Waals surface area (Å²) in [5.41, 5.74) is 3.13. The molecule has 8 N–H and O–H groups in total. The molecular formula is C62H88O12. The number of ether oxygens (including phenoxy) is 1. The number of aliphatic carboxylic acids is 2. The van der Waals surface area contributed by atoms with Gasteiger partial charge in [-0.05, 0) is 152 Å². The van der Waals surface area contributed by atoms with Gasteiger partial charge in [0.1, 0.15) is 5.78 Å². The molecule has 6 aliphatic rings. The molecule has 0 radical (unpaired) electrons. The fraction of sp³-hybridized carbons (Fsp3) is 0.661. The number of phenolic OH excluding ortho intramolecular Hbond substituents is 5. The highest BCUT2D eigenvalue weighted by Crippen LogP contribution is 2.65. The Labute approximate surface area is 440 Å². The van der Waals surface area contributed by atoms with Crippen LogP contribution in [0.2, 0.25) is 0 Å². The van der Waals surface area contributed by atoms with Crippen LogP contribution in [0.1, 0.15) is 241 Å². The van der Waals surface area contributed by atoms with Crippen molar-refractivity contribution in [1.29, 1.82) is 0 Å². The molecule has 408 valence electrons. The first kappa shape index (κ1) is 56.8. The fourth-order valence-electron chi connectivity index (χ4n) is 16.3. The summed E-state index contributed by atoms with van der Waals surface area (Å²) >= 11 is 0. The van der Waals surface area contributed by atoms with Gasteiger partial charge in [-0.3, -0.25) is 14.4 Å². The Morgan fingerprint density at radius 2 is 0.905 bits per heavy atom. The van der Waals surface area contributed by atoms with Crippen LogP contribution in [-0.2, 0) is 43.5 Å². The maximum atomic E-state index is 12.9. The summed E-state index contributed by atoms with van der Waals surface area (Å²) in [4.78, 5) is 38.0. The van der Waals surface area contributed by atoms with Crippen molar-refractivity contribution in [3.8, 4) is 34.5 Å². The molecule has 3 aromatic rings. The first-order valence-electron chi connectivity index (χ1n) is 27.6. The maximum absolute atomic E-state index is 12.9. The summed E-state index contributed by atoms with van der Waals surface area (Å²) in [6.45, 7) is 26.4. The van der Waals surface area contributed by atoms with Crippen molar-refractivity contribution in [2.45, 2.75) is 220 Å². The lowest BCUT2D eigenvalue weighted by Gasteiger charge is -2.55. The zero-order valence-electron chi connectivity index (χ0n) is 46.9. The molecule has 0 aromatic heterocycles. The van der Waals surface area contributed by atoms with E-state index in [4.69, 9.17) is 4.74 Å². The first-order chi connectivity index (χ1) is 34.3. The van der Waals surface area contributed by atoms with Gasteiger partial charge < -0.3 is 45.6 Å². The van der Waals surface area contributed by atoms with Crippen molar-refractivity contribution in [3.63, 3.8) is 0 Å². The van der Waals surface area contributed by atoms with Gasteiger partial charge in [-0.15, -0.1) is 0 Å². The summed E-state index contributed by atoms with van der Waals surface area (Å²) in [5, 5.41) is 85.2. The number of carboxylic acid groups (broad SMARTS) is 2. The summed E-state index contributed by atoms with van der Waals surface area (Å²) in [5.74, 6) is -1.64. The average Bonchev–Trinajstić information content (AvgIpc) is 3.30. The topological polar surface area (TPSA) is 222 Å². The standard InChI is InChI=1S/2C21H30O4.C20H28O4/c1-12(2)14-11-13-7-8-15-20(3,4)9-6-10-21(15,19(23)24)16(13)17(22)18(14)25-5;1-11(2)13-9-14-15(23)10-16-20(4,5)7-6-8-21(16,12(3)22)17(14)19(25)18(13)24;1-11(2)13-10-12-6-7-14-19(3,4)8-5-9-20(14,18(23)24)15(12)17(22)16(13)21/h11-12,15,22H,6-10H2,1-5H3,(H,23,24);9,11,15-16,23-25H,6-8,10H2,1-5H3;10-11,14,21-22H,5-9H2,1-4H3,(H,23,24)/t15-,21+;15-,16-,21+;14-,20+/m000/s1. The molecule has 0 aliphatic heterocycles. The Morgan fingerprint density at radius 1 is 0.527 bits per heavy atom. The molecule has 12 nitrogen and oxygen atoms in total. The van der Waals surface area contributed by atoms with Crippen LogP contribution in [0.15, 0.2) is 18.2 Å². The number of aryl methyl sites for hydroxylation is 2. The van der Waals surface area contributed by atoms with Crippen molar-refractivity contribution in [2.24, 2.45) is 34.0 Å². The highest BCUT2D eigenvalue weighted by Gasteiger charge is 2.61. The van der Waals surface area contributed by atoms with Crippen molar-refractivity contribution in [3.05, 3.63) is 68.3 Å². The van der Waals surface area contributed by atoms with Gasteiger partial charge in [-0.25, -0.2) is 0 Å². The van der Waals surface area contributed by atoms with Crippen LogP contribution < -0.4 is 4.74 Å². The highest BCUT2D eigenvalue weighted by molar-refractivity contribution is 5.91. The van der Waals surface area contributed by atoms with Crippen LogP contribution in [-0.4, -0.2) is 65.7 Å². The molecule has 3 fully saturated rings.